The molecule has 1 heteroatoms. The van der Waals surface area contributed by atoms with Gasteiger partial charge in [-0.15, -0.1) is 0 Å². The monoisotopic (exact) mass is 525 g/mol. The van der Waals surface area contributed by atoms with E-state index in [0.29, 0.717) is 21.9 Å². The third kappa shape index (κ3) is 3.30. The van der Waals surface area contributed by atoms with Crippen LogP contribution in [-0.4, -0.2) is 0 Å². The van der Waals surface area contributed by atoms with Crippen LogP contribution >= 0.6 is 0 Å². The molecule has 1 aromatic heterocycles. The average Bonchev–Trinajstić information content (AvgIpc) is 3.48. The zero-order valence-corrected chi connectivity index (χ0v) is 21.9. The molecule has 0 aliphatic heterocycles. The summed E-state index contributed by atoms with van der Waals surface area (Å²) in [5, 5.41) is 7.44. The van der Waals surface area contributed by atoms with Gasteiger partial charge in [0, 0.05) is 16.2 Å². The van der Waals surface area contributed by atoms with Gasteiger partial charge in [-0.2, -0.15) is 0 Å². The summed E-state index contributed by atoms with van der Waals surface area (Å²) < 4.78 is 52.5. The summed E-state index contributed by atoms with van der Waals surface area (Å²) in [7, 11) is 0. The number of hydrogen-bond acceptors (Lipinski definition) is 1. The maximum atomic E-state index is 9.57. The van der Waals surface area contributed by atoms with Crippen LogP contribution in [0.5, 0.6) is 0 Å². The minimum Gasteiger partial charge on any atom is -0.455 e. The third-order valence-corrected chi connectivity index (χ3v) is 8.17. The molecule has 9 aromatic rings. The lowest BCUT2D eigenvalue weighted by molar-refractivity contribution is 0.672. The van der Waals surface area contributed by atoms with Crippen LogP contribution in [0.3, 0.4) is 0 Å². The molecule has 0 atom stereocenters. The standard InChI is InChI=1S/C40H24O/c1-2-10-26-23-28(18-17-25(26)9-1)38-32-12-3-5-14-34(32)39(35-15-6-4-13-33(35)38)29-20-21-30-27(24-29)19-22-36-31-11-7-8-16-37(31)41-40(30)36/h1-24H/i19D,20D,21D,22D,24D. The molecule has 8 aromatic carbocycles. The Balaban J connectivity index is 1.44. The molecule has 9 rings (SSSR count). The fraction of sp³-hybridized carbons (Fsp3) is 0. The van der Waals surface area contributed by atoms with E-state index in [2.05, 4.69) is 42.5 Å². The first kappa shape index (κ1) is 18.0. The number of benzene rings is 8. The van der Waals surface area contributed by atoms with Gasteiger partial charge in [0.1, 0.15) is 11.2 Å². The Morgan fingerprint density at radius 2 is 1.00 bits per heavy atom. The van der Waals surface area contributed by atoms with Gasteiger partial charge in [0.25, 0.3) is 0 Å². The van der Waals surface area contributed by atoms with Gasteiger partial charge in [0.15, 0.2) is 0 Å². The average molecular weight is 526 g/mol. The summed E-state index contributed by atoms with van der Waals surface area (Å²) >= 11 is 0. The van der Waals surface area contributed by atoms with Crippen LogP contribution in [0.4, 0.5) is 0 Å². The summed E-state index contributed by atoms with van der Waals surface area (Å²) in [6.07, 6.45) is 0. The fourth-order valence-electron chi connectivity index (χ4n) is 6.32. The SMILES string of the molecule is [2H]c1c(-c2c3ccccc3c(-c3ccc4ccccc4c3)c3ccccc23)c([2H])c2c([2H])c([2H])c3c4ccccc4oc3c2c1[2H]. The smallest absolute Gasteiger partial charge is 0.143 e. The van der Waals surface area contributed by atoms with E-state index in [-0.39, 0.29) is 52.1 Å². The molecule has 0 fully saturated rings. The largest absolute Gasteiger partial charge is 0.455 e. The highest BCUT2D eigenvalue weighted by Crippen LogP contribution is 2.45. The van der Waals surface area contributed by atoms with E-state index in [0.717, 1.165) is 43.4 Å². The number of hydrogen-bond donors (Lipinski definition) is 0. The summed E-state index contributed by atoms with van der Waals surface area (Å²) in [5.41, 5.74) is 3.89. The molecule has 0 saturated carbocycles. The van der Waals surface area contributed by atoms with Crippen LogP contribution in [0.25, 0.3) is 87.3 Å². The molecule has 0 radical (unpaired) electrons. The van der Waals surface area contributed by atoms with Crippen molar-refractivity contribution in [2.75, 3.05) is 0 Å². The molecule has 1 heterocycles. The van der Waals surface area contributed by atoms with E-state index >= 15 is 0 Å². The zero-order valence-electron chi connectivity index (χ0n) is 26.9. The number of rotatable bonds is 2. The molecule has 1 nitrogen and oxygen atoms in total. The van der Waals surface area contributed by atoms with Gasteiger partial charge >= 0.3 is 0 Å². The van der Waals surface area contributed by atoms with Crippen molar-refractivity contribution < 1.29 is 11.3 Å². The maximum Gasteiger partial charge on any atom is 0.143 e. The van der Waals surface area contributed by atoms with Crippen LogP contribution < -0.4 is 0 Å². The van der Waals surface area contributed by atoms with Crippen molar-refractivity contribution >= 4 is 65.0 Å². The second-order valence-corrected chi connectivity index (χ2v) is 10.5. The Hall–Kier alpha value is -5.40. The van der Waals surface area contributed by atoms with Crippen molar-refractivity contribution in [1.29, 1.82) is 0 Å². The molecule has 0 saturated heterocycles. The van der Waals surface area contributed by atoms with Crippen molar-refractivity contribution in [2.45, 2.75) is 0 Å². The van der Waals surface area contributed by atoms with E-state index in [4.69, 9.17) is 7.16 Å². The lowest BCUT2D eigenvalue weighted by atomic mass is 9.85. The highest BCUT2D eigenvalue weighted by Gasteiger charge is 2.18. The Bertz CT molecular complexity index is 2700. The van der Waals surface area contributed by atoms with E-state index in [1.165, 1.54) is 0 Å². The topological polar surface area (TPSA) is 13.1 Å². The van der Waals surface area contributed by atoms with Crippen LogP contribution in [-0.2, 0) is 0 Å². The van der Waals surface area contributed by atoms with Gasteiger partial charge in [0.2, 0.25) is 0 Å². The molecule has 0 aliphatic carbocycles. The second kappa shape index (κ2) is 8.55. The number of para-hydroxylation sites is 1. The first-order valence-electron chi connectivity index (χ1n) is 16.2. The van der Waals surface area contributed by atoms with Gasteiger partial charge in [-0.05, 0) is 90.2 Å². The fourth-order valence-corrected chi connectivity index (χ4v) is 6.32. The lowest BCUT2D eigenvalue weighted by Crippen LogP contribution is -1.91. The van der Waals surface area contributed by atoms with Crippen molar-refractivity contribution in [3.8, 4) is 22.3 Å². The second-order valence-electron chi connectivity index (χ2n) is 10.5. The quantitative estimate of drug-likeness (QED) is 0.205. The molecule has 0 bridgehead atoms. The summed E-state index contributed by atoms with van der Waals surface area (Å²) in [6, 6.07) is 37.7. The minimum absolute atomic E-state index is 0.0504. The molecule has 41 heavy (non-hydrogen) atoms. The first-order valence-corrected chi connectivity index (χ1v) is 13.7. The third-order valence-electron chi connectivity index (χ3n) is 8.17. The van der Waals surface area contributed by atoms with E-state index in [1.807, 2.05) is 66.7 Å². The summed E-state index contributed by atoms with van der Waals surface area (Å²) in [4.78, 5) is 0. The minimum atomic E-state index is -0.143. The predicted octanol–water partition coefficient (Wildman–Crippen LogP) is 11.5. The number of furan rings is 1. The van der Waals surface area contributed by atoms with Crippen LogP contribution in [0.2, 0.25) is 0 Å². The Labute approximate surface area is 243 Å². The Morgan fingerprint density at radius 1 is 0.415 bits per heavy atom. The van der Waals surface area contributed by atoms with Gasteiger partial charge in [-0.25, -0.2) is 0 Å². The van der Waals surface area contributed by atoms with Crippen molar-refractivity contribution in [3.63, 3.8) is 0 Å². The Morgan fingerprint density at radius 3 is 1.73 bits per heavy atom. The normalized spacial score (nSPS) is 13.6. The van der Waals surface area contributed by atoms with Crippen molar-refractivity contribution in [1.82, 2.24) is 0 Å². The molecule has 0 N–H and O–H groups in total. The van der Waals surface area contributed by atoms with Gasteiger partial charge in [-0.1, -0.05) is 115 Å². The maximum absolute atomic E-state index is 9.57. The van der Waals surface area contributed by atoms with Crippen molar-refractivity contribution in [3.05, 3.63) is 145 Å². The number of fused-ring (bicyclic) bond motifs is 8. The van der Waals surface area contributed by atoms with Crippen LogP contribution in [0, 0.1) is 0 Å². The summed E-state index contributed by atoms with van der Waals surface area (Å²) in [5.74, 6) is 0. The molecule has 190 valence electrons. The molecule has 0 amide bonds. The van der Waals surface area contributed by atoms with Crippen molar-refractivity contribution in [2.24, 2.45) is 0 Å². The molecule has 0 unspecified atom stereocenters. The van der Waals surface area contributed by atoms with Crippen LogP contribution in [0.1, 0.15) is 6.85 Å². The van der Waals surface area contributed by atoms with Gasteiger partial charge in [-0.3, -0.25) is 0 Å². The van der Waals surface area contributed by atoms with Crippen LogP contribution in [0.15, 0.2) is 150 Å². The molecule has 0 spiro atoms. The molecule has 0 aliphatic rings. The Kier molecular flexibility index (Phi) is 3.76. The lowest BCUT2D eigenvalue weighted by Gasteiger charge is -2.18. The predicted molar refractivity (Wildman–Crippen MR) is 175 cm³/mol. The first-order chi connectivity index (χ1) is 22.4. The highest BCUT2D eigenvalue weighted by atomic mass is 16.3. The summed E-state index contributed by atoms with van der Waals surface area (Å²) in [6.45, 7) is 0. The molecular formula is C40H24O. The molecular weight excluding hydrogens is 496 g/mol. The highest BCUT2D eigenvalue weighted by molar-refractivity contribution is 6.22. The van der Waals surface area contributed by atoms with Gasteiger partial charge in [0.05, 0.1) is 6.85 Å². The van der Waals surface area contributed by atoms with E-state index in [9.17, 15) is 4.11 Å². The van der Waals surface area contributed by atoms with E-state index in [1.54, 1.807) is 6.07 Å². The van der Waals surface area contributed by atoms with Gasteiger partial charge < -0.3 is 4.42 Å². The zero-order chi connectivity index (χ0) is 31.3. The van der Waals surface area contributed by atoms with E-state index < -0.39 is 0 Å².